The van der Waals surface area contributed by atoms with E-state index in [0.29, 0.717) is 0 Å². The molecule has 3 rings (SSSR count). The molecule has 0 fully saturated rings. The molecule has 2 heterocycles. The number of benzene rings is 1. The maximum absolute atomic E-state index is 5.51. The lowest BCUT2D eigenvalue weighted by Crippen LogP contribution is -2.01. The molecule has 0 radical (unpaired) electrons. The number of ether oxygens (including phenoxy) is 1. The zero-order chi connectivity index (χ0) is 16.7. The number of nitrogens with zero attached hydrogens (tertiary/aromatic N) is 2. The predicted molar refractivity (Wildman–Crippen MR) is 103 cm³/mol. The summed E-state index contributed by atoms with van der Waals surface area (Å²) in [5.74, 6) is 0.828. The number of hydrogen-bond acceptors (Lipinski definition) is 5. The second-order valence-electron chi connectivity index (χ2n) is 5.20. The molecule has 0 saturated heterocycles. The highest BCUT2D eigenvalue weighted by atomic mass is 79.9. The molecule has 23 heavy (non-hydrogen) atoms. The molecular formula is C16H15Br2N3OS. The lowest BCUT2D eigenvalue weighted by molar-refractivity contribution is 0.409. The Morgan fingerprint density at radius 2 is 1.87 bits per heavy atom. The average molecular weight is 457 g/mol. The molecule has 0 aliphatic rings. The fourth-order valence-electron chi connectivity index (χ4n) is 2.56. The summed E-state index contributed by atoms with van der Waals surface area (Å²) in [7, 11) is 1.68. The molecule has 0 aliphatic heterocycles. The first-order chi connectivity index (χ1) is 10.9. The number of pyridine rings is 1. The third-order valence-corrected chi connectivity index (χ3v) is 5.68. The van der Waals surface area contributed by atoms with Crippen LogP contribution in [0.3, 0.4) is 0 Å². The highest BCUT2D eigenvalue weighted by Crippen LogP contribution is 2.40. The zero-order valence-electron chi connectivity index (χ0n) is 13.1. The van der Waals surface area contributed by atoms with Gasteiger partial charge in [0.1, 0.15) is 16.1 Å². The molecule has 0 atom stereocenters. The minimum absolute atomic E-state index is 0.828. The van der Waals surface area contributed by atoms with Crippen LogP contribution in [0.4, 0.5) is 11.4 Å². The third kappa shape index (κ3) is 2.97. The first-order valence-electron chi connectivity index (χ1n) is 6.94. The van der Waals surface area contributed by atoms with Crippen LogP contribution in [0.15, 0.2) is 21.2 Å². The summed E-state index contributed by atoms with van der Waals surface area (Å²) in [6.07, 6.45) is 1.81. The van der Waals surface area contributed by atoms with Gasteiger partial charge in [0.2, 0.25) is 0 Å². The topological polar surface area (TPSA) is 47.0 Å². The Morgan fingerprint density at radius 3 is 2.57 bits per heavy atom. The third-order valence-electron chi connectivity index (χ3n) is 3.61. The minimum Gasteiger partial charge on any atom is -0.495 e. The van der Waals surface area contributed by atoms with Gasteiger partial charge in [0.15, 0.2) is 0 Å². The van der Waals surface area contributed by atoms with Crippen molar-refractivity contribution in [1.82, 2.24) is 9.97 Å². The van der Waals surface area contributed by atoms with E-state index >= 15 is 0 Å². The Balaban J connectivity index is 2.18. The lowest BCUT2D eigenvalue weighted by atomic mass is 10.1. The van der Waals surface area contributed by atoms with E-state index in [4.69, 9.17) is 4.74 Å². The molecular weight excluding hydrogens is 442 g/mol. The molecule has 120 valence electrons. The Labute approximate surface area is 155 Å². The van der Waals surface area contributed by atoms with Crippen molar-refractivity contribution in [3.63, 3.8) is 0 Å². The average Bonchev–Trinajstić information content (AvgIpc) is 2.86. The van der Waals surface area contributed by atoms with E-state index in [0.717, 1.165) is 52.6 Å². The van der Waals surface area contributed by atoms with Crippen LogP contribution < -0.4 is 10.1 Å². The van der Waals surface area contributed by atoms with E-state index < -0.39 is 0 Å². The monoisotopic (exact) mass is 455 g/mol. The molecule has 1 aromatic carbocycles. The van der Waals surface area contributed by atoms with Crippen molar-refractivity contribution in [2.75, 3.05) is 12.4 Å². The van der Waals surface area contributed by atoms with Gasteiger partial charge in [-0.1, -0.05) is 11.3 Å². The lowest BCUT2D eigenvalue weighted by Gasteiger charge is -2.18. The Bertz CT molecular complexity index is 908. The van der Waals surface area contributed by atoms with Crippen molar-refractivity contribution in [3.8, 4) is 5.75 Å². The van der Waals surface area contributed by atoms with E-state index in [9.17, 15) is 0 Å². The van der Waals surface area contributed by atoms with Gasteiger partial charge in [-0.2, -0.15) is 0 Å². The molecule has 4 nitrogen and oxygen atoms in total. The Kier molecular flexibility index (Phi) is 4.62. The smallest absolute Gasteiger partial charge is 0.145 e. The van der Waals surface area contributed by atoms with Crippen LogP contribution in [0.25, 0.3) is 10.3 Å². The fraction of sp³-hybridized carbons (Fsp3) is 0.250. The number of anilines is 2. The molecule has 3 aromatic rings. The van der Waals surface area contributed by atoms with Gasteiger partial charge in [-0.05, 0) is 64.3 Å². The number of hydrogen-bond donors (Lipinski definition) is 1. The van der Waals surface area contributed by atoms with Gasteiger partial charge in [-0.25, -0.2) is 9.97 Å². The number of nitrogens with one attached hydrogen (secondary N) is 1. The van der Waals surface area contributed by atoms with Gasteiger partial charge < -0.3 is 10.1 Å². The quantitative estimate of drug-likeness (QED) is 0.533. The summed E-state index contributed by atoms with van der Waals surface area (Å²) in [5.41, 5.74) is 4.99. The minimum atomic E-state index is 0.828. The zero-order valence-corrected chi connectivity index (χ0v) is 17.1. The van der Waals surface area contributed by atoms with Crippen molar-refractivity contribution in [1.29, 1.82) is 0 Å². The van der Waals surface area contributed by atoms with E-state index in [1.807, 2.05) is 26.1 Å². The van der Waals surface area contributed by atoms with Crippen molar-refractivity contribution in [3.05, 3.63) is 37.3 Å². The van der Waals surface area contributed by atoms with Gasteiger partial charge in [-0.15, -0.1) is 0 Å². The van der Waals surface area contributed by atoms with E-state index in [2.05, 4.69) is 54.1 Å². The van der Waals surface area contributed by atoms with Gasteiger partial charge in [0.05, 0.1) is 26.8 Å². The Hall–Kier alpha value is -1.18. The van der Waals surface area contributed by atoms with Crippen molar-refractivity contribution in [2.24, 2.45) is 0 Å². The fourth-order valence-corrected chi connectivity index (χ4v) is 4.52. The number of methoxy groups -OCH3 is 1. The highest BCUT2D eigenvalue weighted by Gasteiger charge is 2.17. The molecule has 0 spiro atoms. The standard InChI is InChI=1S/C16H15Br2N3OS/c1-7-5-10(17)15(22-4)8(2)12(7)21-13-11(18)6-19-16-14(13)20-9(3)23-16/h5-6H,1-4H3,(H,19,21). The number of rotatable bonds is 3. The number of fused-ring (bicyclic) bond motifs is 1. The van der Waals surface area contributed by atoms with Crippen LogP contribution in [-0.2, 0) is 0 Å². The summed E-state index contributed by atoms with van der Waals surface area (Å²) in [6.45, 7) is 6.10. The number of halogens is 2. The molecule has 0 bridgehead atoms. The molecule has 1 N–H and O–H groups in total. The van der Waals surface area contributed by atoms with E-state index in [-0.39, 0.29) is 0 Å². The summed E-state index contributed by atoms with van der Waals surface area (Å²) in [4.78, 5) is 9.97. The number of aromatic nitrogens is 2. The van der Waals surface area contributed by atoms with Gasteiger partial charge >= 0.3 is 0 Å². The molecule has 0 saturated carbocycles. The van der Waals surface area contributed by atoms with Crippen molar-refractivity contribution >= 4 is 64.9 Å². The van der Waals surface area contributed by atoms with E-state index in [1.165, 1.54) is 0 Å². The number of thiazole rings is 1. The first-order valence-corrected chi connectivity index (χ1v) is 9.35. The summed E-state index contributed by atoms with van der Waals surface area (Å²) in [6, 6.07) is 2.05. The number of aryl methyl sites for hydroxylation is 2. The second-order valence-corrected chi connectivity index (χ2v) is 8.09. The SMILES string of the molecule is COc1c(Br)cc(C)c(Nc2c(Br)cnc3sc(C)nc23)c1C. The summed E-state index contributed by atoms with van der Waals surface area (Å²) < 4.78 is 7.34. The predicted octanol–water partition coefficient (Wildman–Crippen LogP) is 5.89. The molecule has 0 amide bonds. The molecule has 0 unspecified atom stereocenters. The highest BCUT2D eigenvalue weighted by molar-refractivity contribution is 9.11. The van der Waals surface area contributed by atoms with Crippen LogP contribution in [0.2, 0.25) is 0 Å². The van der Waals surface area contributed by atoms with Crippen molar-refractivity contribution in [2.45, 2.75) is 20.8 Å². The maximum atomic E-state index is 5.51. The summed E-state index contributed by atoms with van der Waals surface area (Å²) in [5, 5.41) is 4.52. The molecule has 2 aromatic heterocycles. The van der Waals surface area contributed by atoms with Gasteiger partial charge in [-0.3, -0.25) is 0 Å². The molecule has 7 heteroatoms. The normalized spacial score (nSPS) is 11.0. The van der Waals surface area contributed by atoms with Crippen LogP contribution in [0.5, 0.6) is 5.75 Å². The van der Waals surface area contributed by atoms with Crippen molar-refractivity contribution < 1.29 is 4.74 Å². The maximum Gasteiger partial charge on any atom is 0.145 e. The van der Waals surface area contributed by atoms with Gasteiger partial charge in [0.25, 0.3) is 0 Å². The Morgan fingerprint density at radius 1 is 1.13 bits per heavy atom. The van der Waals surface area contributed by atoms with E-state index in [1.54, 1.807) is 18.4 Å². The van der Waals surface area contributed by atoms with Crippen LogP contribution in [0, 0.1) is 20.8 Å². The van der Waals surface area contributed by atoms with Gasteiger partial charge in [0, 0.05) is 17.4 Å². The molecule has 0 aliphatic carbocycles. The first kappa shape index (κ1) is 16.7. The second kappa shape index (κ2) is 6.37. The largest absolute Gasteiger partial charge is 0.495 e. The van der Waals surface area contributed by atoms with Crippen LogP contribution >= 0.6 is 43.2 Å². The summed E-state index contributed by atoms with van der Waals surface area (Å²) >= 11 is 8.72. The van der Waals surface area contributed by atoms with Crippen LogP contribution in [-0.4, -0.2) is 17.1 Å². The van der Waals surface area contributed by atoms with Crippen LogP contribution in [0.1, 0.15) is 16.1 Å².